The van der Waals surface area contributed by atoms with Gasteiger partial charge in [0, 0.05) is 19.0 Å². The topological polar surface area (TPSA) is 66.5 Å². The van der Waals surface area contributed by atoms with Crippen molar-refractivity contribution < 1.29 is 17.6 Å². The minimum atomic E-state index is -3.68. The second kappa shape index (κ2) is 7.20. The van der Waals surface area contributed by atoms with Gasteiger partial charge in [0.15, 0.2) is 0 Å². The lowest BCUT2D eigenvalue weighted by Gasteiger charge is -2.29. The number of hydrogen-bond donors (Lipinski definition) is 1. The van der Waals surface area contributed by atoms with Crippen molar-refractivity contribution in [1.29, 1.82) is 0 Å². The van der Waals surface area contributed by atoms with Crippen LogP contribution in [-0.4, -0.2) is 20.9 Å². The first-order valence-corrected chi connectivity index (χ1v) is 11.2. The molecule has 1 aliphatic carbocycles. The van der Waals surface area contributed by atoms with Gasteiger partial charge in [-0.25, -0.2) is 12.8 Å². The van der Waals surface area contributed by atoms with Crippen LogP contribution in [0, 0.1) is 5.82 Å². The molecular formula is C21H23FN2O3S. The molecule has 1 saturated carbocycles. The van der Waals surface area contributed by atoms with E-state index in [1.807, 2.05) is 24.3 Å². The first kappa shape index (κ1) is 18.9. The number of nitrogens with zero attached hydrogens (tertiary/aromatic N) is 1. The molecule has 148 valence electrons. The Balaban J connectivity index is 1.53. The molecule has 0 unspecified atom stereocenters. The number of halogens is 1. The second-order valence-corrected chi connectivity index (χ2v) is 9.20. The van der Waals surface area contributed by atoms with Crippen LogP contribution in [0.2, 0.25) is 0 Å². The third-order valence-electron chi connectivity index (χ3n) is 5.30. The summed E-state index contributed by atoms with van der Waals surface area (Å²) >= 11 is 0. The number of amides is 1. The number of aryl methyl sites for hydroxylation is 1. The third kappa shape index (κ3) is 3.90. The fraction of sp³-hybridized carbons (Fsp3) is 0.381. The highest BCUT2D eigenvalue weighted by Gasteiger charge is 2.27. The van der Waals surface area contributed by atoms with E-state index in [0.717, 1.165) is 6.07 Å². The van der Waals surface area contributed by atoms with Gasteiger partial charge in [-0.15, -0.1) is 0 Å². The molecule has 1 amide bonds. The summed E-state index contributed by atoms with van der Waals surface area (Å²) in [7, 11) is -3.68. The first-order valence-electron chi connectivity index (χ1n) is 9.58. The Hall–Kier alpha value is -2.41. The summed E-state index contributed by atoms with van der Waals surface area (Å²) in [5.41, 5.74) is 3.04. The molecule has 1 heterocycles. The van der Waals surface area contributed by atoms with Gasteiger partial charge in [0.2, 0.25) is 15.9 Å². The smallest absolute Gasteiger partial charge is 0.236 e. The Morgan fingerprint density at radius 2 is 1.86 bits per heavy atom. The average Bonchev–Trinajstić information content (AvgIpc) is 3.47. The molecule has 2 aliphatic rings. The summed E-state index contributed by atoms with van der Waals surface area (Å²) in [5, 5.41) is 0. The quantitative estimate of drug-likeness (QED) is 0.796. The van der Waals surface area contributed by atoms with Crippen LogP contribution in [0.5, 0.6) is 0 Å². The average molecular weight is 402 g/mol. The van der Waals surface area contributed by atoms with Crippen molar-refractivity contribution in [3.63, 3.8) is 0 Å². The molecule has 0 radical (unpaired) electrons. The van der Waals surface area contributed by atoms with Gasteiger partial charge >= 0.3 is 0 Å². The lowest BCUT2D eigenvalue weighted by Crippen LogP contribution is -2.35. The highest BCUT2D eigenvalue weighted by Crippen LogP contribution is 2.40. The zero-order chi connectivity index (χ0) is 19.9. The van der Waals surface area contributed by atoms with E-state index >= 15 is 0 Å². The number of benzene rings is 2. The van der Waals surface area contributed by atoms with E-state index in [1.54, 1.807) is 13.0 Å². The predicted molar refractivity (Wildman–Crippen MR) is 107 cm³/mol. The molecule has 0 atom stereocenters. The van der Waals surface area contributed by atoms with Gasteiger partial charge in [-0.05, 0) is 54.9 Å². The fourth-order valence-electron chi connectivity index (χ4n) is 3.78. The van der Waals surface area contributed by atoms with Crippen LogP contribution in [0.3, 0.4) is 0 Å². The van der Waals surface area contributed by atoms with Crippen LogP contribution in [0.15, 0.2) is 36.4 Å². The lowest BCUT2D eigenvalue weighted by atomic mass is 10.00. The molecule has 0 saturated heterocycles. The lowest BCUT2D eigenvalue weighted by molar-refractivity contribution is -0.118. The molecule has 1 aliphatic heterocycles. The fourth-order valence-corrected chi connectivity index (χ4v) is 4.96. The van der Waals surface area contributed by atoms with Crippen LogP contribution in [0.1, 0.15) is 48.8 Å². The molecule has 7 heteroatoms. The molecular weight excluding hydrogens is 379 g/mol. The Morgan fingerprint density at radius 3 is 2.50 bits per heavy atom. The van der Waals surface area contributed by atoms with Crippen LogP contribution < -0.4 is 9.62 Å². The van der Waals surface area contributed by atoms with E-state index in [1.165, 1.54) is 23.3 Å². The number of nitrogens with one attached hydrogen (secondary N) is 1. The number of carbonyl (C=O) groups excluding carboxylic acids is 1. The van der Waals surface area contributed by atoms with Gasteiger partial charge < -0.3 is 4.90 Å². The van der Waals surface area contributed by atoms with E-state index in [4.69, 9.17) is 0 Å². The van der Waals surface area contributed by atoms with E-state index < -0.39 is 15.8 Å². The predicted octanol–water partition coefficient (Wildman–Crippen LogP) is 3.94. The van der Waals surface area contributed by atoms with E-state index in [-0.39, 0.29) is 23.0 Å². The highest BCUT2D eigenvalue weighted by molar-refractivity contribution is 7.91. The van der Waals surface area contributed by atoms with Crippen molar-refractivity contribution in [3.8, 4) is 0 Å². The molecule has 4 rings (SSSR count). The van der Waals surface area contributed by atoms with Gasteiger partial charge in [0.1, 0.15) is 5.82 Å². The maximum atomic E-state index is 14.6. The third-order valence-corrected chi connectivity index (χ3v) is 6.56. The monoisotopic (exact) mass is 402 g/mol. The van der Waals surface area contributed by atoms with Crippen molar-refractivity contribution in [2.75, 3.05) is 16.2 Å². The molecule has 0 spiro atoms. The number of fused-ring (bicyclic) bond motifs is 1. The first-order chi connectivity index (χ1) is 13.4. The van der Waals surface area contributed by atoms with Gasteiger partial charge in [0.25, 0.3) is 0 Å². The van der Waals surface area contributed by atoms with Crippen molar-refractivity contribution in [3.05, 3.63) is 58.9 Å². The molecule has 5 nitrogen and oxygen atoms in total. The van der Waals surface area contributed by atoms with E-state index in [0.29, 0.717) is 36.4 Å². The minimum Gasteiger partial charge on any atom is -0.310 e. The standard InChI is InChI=1S/C21H23FN2O3S/c1-2-24-20(25)10-9-17-11-18(12-19(22)21(17)24)23-28(26,27)13-14-3-5-15(6-4-14)16-7-8-16/h3-6,11-12,16,23H,2,7-10,13H2,1H3. The summed E-state index contributed by atoms with van der Waals surface area (Å²) < 4.78 is 42.2. The summed E-state index contributed by atoms with van der Waals surface area (Å²) in [6, 6.07) is 10.4. The van der Waals surface area contributed by atoms with Crippen molar-refractivity contribution >= 4 is 27.3 Å². The number of carbonyl (C=O) groups is 1. The van der Waals surface area contributed by atoms with Gasteiger partial charge in [-0.1, -0.05) is 24.3 Å². The Morgan fingerprint density at radius 1 is 1.14 bits per heavy atom. The summed E-state index contributed by atoms with van der Waals surface area (Å²) in [6.45, 7) is 2.17. The van der Waals surface area contributed by atoms with Crippen molar-refractivity contribution in [2.45, 2.75) is 44.3 Å². The zero-order valence-electron chi connectivity index (χ0n) is 15.7. The molecule has 28 heavy (non-hydrogen) atoms. The Kier molecular flexibility index (Phi) is 4.87. The Bertz CT molecular complexity index is 1010. The maximum absolute atomic E-state index is 14.6. The largest absolute Gasteiger partial charge is 0.310 e. The van der Waals surface area contributed by atoms with Gasteiger partial charge in [-0.2, -0.15) is 0 Å². The Labute approximate surface area is 164 Å². The van der Waals surface area contributed by atoms with E-state index in [9.17, 15) is 17.6 Å². The van der Waals surface area contributed by atoms with Crippen LogP contribution in [0.25, 0.3) is 0 Å². The normalized spacial score (nSPS) is 16.8. The molecule has 1 fully saturated rings. The van der Waals surface area contributed by atoms with Gasteiger partial charge in [-0.3, -0.25) is 9.52 Å². The van der Waals surface area contributed by atoms with Crippen LogP contribution in [0.4, 0.5) is 15.8 Å². The molecule has 2 aromatic carbocycles. The van der Waals surface area contributed by atoms with Crippen LogP contribution in [-0.2, 0) is 27.0 Å². The number of hydrogen-bond acceptors (Lipinski definition) is 3. The second-order valence-electron chi connectivity index (χ2n) is 7.48. The van der Waals surface area contributed by atoms with Crippen molar-refractivity contribution in [1.82, 2.24) is 0 Å². The summed E-state index contributed by atoms with van der Waals surface area (Å²) in [6.07, 6.45) is 3.10. The summed E-state index contributed by atoms with van der Waals surface area (Å²) in [5.74, 6) is -0.247. The molecule has 2 aromatic rings. The number of rotatable bonds is 6. The summed E-state index contributed by atoms with van der Waals surface area (Å²) in [4.78, 5) is 13.4. The zero-order valence-corrected chi connectivity index (χ0v) is 16.6. The van der Waals surface area contributed by atoms with Gasteiger partial charge in [0.05, 0.1) is 17.1 Å². The maximum Gasteiger partial charge on any atom is 0.236 e. The SMILES string of the molecule is CCN1C(=O)CCc2cc(NS(=O)(=O)Cc3ccc(C4CC4)cc3)cc(F)c21. The number of sulfonamides is 1. The van der Waals surface area contributed by atoms with Crippen LogP contribution >= 0.6 is 0 Å². The molecule has 0 aromatic heterocycles. The molecule has 1 N–H and O–H groups in total. The minimum absolute atomic E-state index is 0.114. The van der Waals surface area contributed by atoms with Crippen molar-refractivity contribution in [2.24, 2.45) is 0 Å². The highest BCUT2D eigenvalue weighted by atomic mass is 32.2. The number of anilines is 2. The van der Waals surface area contributed by atoms with E-state index in [2.05, 4.69) is 4.72 Å². The molecule has 0 bridgehead atoms.